The van der Waals surface area contributed by atoms with Gasteiger partial charge in [0.1, 0.15) is 0 Å². The standard InChI is InChI=1S/C16H20N2/c1-18(2)13-11-15(14-8-4-3-5-9-14)16-10-6-7-12-17-16/h3-10,12,15H,11,13H2,1-2H3/i3+1,4+1,5+1,8+1,9+1,14+1. The fourth-order valence-electron chi connectivity index (χ4n) is 2.14. The maximum absolute atomic E-state index is 4.51. The first-order valence-corrected chi connectivity index (χ1v) is 6.38. The fourth-order valence-corrected chi connectivity index (χ4v) is 2.14. The molecule has 1 unspecified atom stereocenters. The zero-order valence-corrected chi connectivity index (χ0v) is 11.1. The average Bonchev–Trinajstić information content (AvgIpc) is 2.41. The number of nitrogens with zero attached hydrogens (tertiary/aromatic N) is 2. The molecule has 0 spiro atoms. The van der Waals surface area contributed by atoms with Crippen LogP contribution in [0, 0.1) is 0 Å². The summed E-state index contributed by atoms with van der Waals surface area (Å²) in [4.78, 5) is 6.74. The van der Waals surface area contributed by atoms with E-state index < -0.39 is 0 Å². The summed E-state index contributed by atoms with van der Waals surface area (Å²) in [7, 11) is 4.22. The molecule has 0 radical (unpaired) electrons. The van der Waals surface area contributed by atoms with Crippen LogP contribution in [0.3, 0.4) is 0 Å². The van der Waals surface area contributed by atoms with E-state index in [-0.39, 0.29) is 0 Å². The molecule has 0 amide bonds. The van der Waals surface area contributed by atoms with Gasteiger partial charge in [0, 0.05) is 17.8 Å². The summed E-state index contributed by atoms with van der Waals surface area (Å²) in [6.45, 7) is 1.07. The Morgan fingerprint density at radius 1 is 1.00 bits per heavy atom. The topological polar surface area (TPSA) is 16.1 Å². The molecule has 0 bridgehead atoms. The van der Waals surface area contributed by atoms with E-state index in [1.54, 1.807) is 0 Å². The SMILES string of the molecule is CN(C)CCC(c1ccccn1)[13c]1[13cH][13cH][13cH][13cH][13cH]1. The molecular formula is C16H20N2. The van der Waals surface area contributed by atoms with Gasteiger partial charge < -0.3 is 4.90 Å². The maximum Gasteiger partial charge on any atom is 0.0478 e. The van der Waals surface area contributed by atoms with Gasteiger partial charge >= 0.3 is 0 Å². The lowest BCUT2D eigenvalue weighted by atomic mass is 10.1. The summed E-state index contributed by atoms with van der Waals surface area (Å²) in [5.41, 5.74) is 2.50. The Bertz CT molecular complexity index is 412. The number of benzene rings is 1. The predicted octanol–water partition coefficient (Wildman–Crippen LogP) is 3.17. The second-order valence-corrected chi connectivity index (χ2v) is 4.81. The van der Waals surface area contributed by atoms with Gasteiger partial charge in [-0.15, -0.1) is 0 Å². The summed E-state index contributed by atoms with van der Waals surface area (Å²) in [6.07, 6.45) is 2.97. The highest BCUT2D eigenvalue weighted by Gasteiger charge is 2.14. The number of pyridine rings is 1. The van der Waals surface area contributed by atoms with Gasteiger partial charge in [0.05, 0.1) is 0 Å². The number of rotatable bonds is 5. The Morgan fingerprint density at radius 2 is 1.72 bits per heavy atom. The van der Waals surface area contributed by atoms with E-state index in [4.69, 9.17) is 0 Å². The van der Waals surface area contributed by atoms with E-state index in [0.29, 0.717) is 5.92 Å². The summed E-state index contributed by atoms with van der Waals surface area (Å²) >= 11 is 0. The van der Waals surface area contributed by atoms with Gasteiger partial charge in [-0.05, 0) is 44.8 Å². The monoisotopic (exact) mass is 246 g/mol. The van der Waals surface area contributed by atoms with E-state index in [9.17, 15) is 0 Å². The Kier molecular flexibility index (Phi) is 4.48. The van der Waals surface area contributed by atoms with Crippen LogP contribution in [0.1, 0.15) is 23.6 Å². The highest BCUT2D eigenvalue weighted by Crippen LogP contribution is 2.26. The van der Waals surface area contributed by atoms with Gasteiger partial charge in [0.25, 0.3) is 0 Å². The molecule has 2 rings (SSSR count). The van der Waals surface area contributed by atoms with Crippen molar-refractivity contribution in [2.75, 3.05) is 20.6 Å². The van der Waals surface area contributed by atoms with Crippen molar-refractivity contribution in [3.8, 4) is 0 Å². The number of hydrogen-bond acceptors (Lipinski definition) is 2. The molecule has 0 aliphatic rings. The third kappa shape index (κ3) is 3.41. The van der Waals surface area contributed by atoms with Crippen LogP contribution in [-0.4, -0.2) is 30.5 Å². The van der Waals surface area contributed by atoms with Crippen LogP contribution in [0.2, 0.25) is 0 Å². The van der Waals surface area contributed by atoms with Crippen LogP contribution >= 0.6 is 0 Å². The molecule has 0 fully saturated rings. The molecule has 18 heavy (non-hydrogen) atoms. The van der Waals surface area contributed by atoms with Gasteiger partial charge in [-0.25, -0.2) is 0 Å². The van der Waals surface area contributed by atoms with Crippen LogP contribution in [0.15, 0.2) is 54.7 Å². The first-order valence-electron chi connectivity index (χ1n) is 6.38. The minimum atomic E-state index is 0.384. The van der Waals surface area contributed by atoms with Crippen molar-refractivity contribution >= 4 is 0 Å². The highest BCUT2D eigenvalue weighted by atomic mass is 15.0. The smallest absolute Gasteiger partial charge is 0.0478 e. The van der Waals surface area contributed by atoms with E-state index >= 15 is 0 Å². The lowest BCUT2D eigenvalue weighted by Crippen LogP contribution is -2.17. The zero-order chi connectivity index (χ0) is 12.8. The second kappa shape index (κ2) is 6.31. The highest BCUT2D eigenvalue weighted by molar-refractivity contribution is 5.28. The van der Waals surface area contributed by atoms with Crippen LogP contribution in [0.25, 0.3) is 0 Å². The second-order valence-electron chi connectivity index (χ2n) is 4.81. The van der Waals surface area contributed by atoms with Gasteiger partial charge in [-0.2, -0.15) is 0 Å². The molecule has 1 aromatic heterocycles. The molecule has 1 heterocycles. The lowest BCUT2D eigenvalue weighted by Gasteiger charge is -2.19. The first kappa shape index (κ1) is 12.8. The van der Waals surface area contributed by atoms with Crippen molar-refractivity contribution < 1.29 is 0 Å². The molecule has 94 valence electrons. The van der Waals surface area contributed by atoms with Crippen LogP contribution < -0.4 is 0 Å². The van der Waals surface area contributed by atoms with Crippen molar-refractivity contribution in [2.45, 2.75) is 12.3 Å². The van der Waals surface area contributed by atoms with Gasteiger partial charge in [-0.1, -0.05) is 36.4 Å². The van der Waals surface area contributed by atoms with Crippen LogP contribution in [0.5, 0.6) is 0 Å². The Morgan fingerprint density at radius 3 is 2.33 bits per heavy atom. The van der Waals surface area contributed by atoms with E-state index in [2.05, 4.69) is 66.4 Å². The lowest BCUT2D eigenvalue weighted by molar-refractivity contribution is 0.389. The quantitative estimate of drug-likeness (QED) is 0.805. The largest absolute Gasteiger partial charge is 0.309 e. The van der Waals surface area contributed by atoms with Crippen molar-refractivity contribution in [3.05, 3.63) is 66.0 Å². The van der Waals surface area contributed by atoms with Crippen molar-refractivity contribution in [1.29, 1.82) is 0 Å². The predicted molar refractivity (Wildman–Crippen MR) is 75.7 cm³/mol. The molecule has 1 aromatic carbocycles. The van der Waals surface area contributed by atoms with Crippen LogP contribution in [0.4, 0.5) is 0 Å². The Hall–Kier alpha value is -1.67. The van der Waals surface area contributed by atoms with Crippen LogP contribution in [-0.2, 0) is 0 Å². The molecule has 2 nitrogen and oxygen atoms in total. The maximum atomic E-state index is 4.51. The van der Waals surface area contributed by atoms with E-state index in [0.717, 1.165) is 18.7 Å². The summed E-state index contributed by atoms with van der Waals surface area (Å²) in [5.74, 6) is 0.384. The average molecular weight is 246 g/mol. The normalized spacial score (nSPS) is 12.6. The molecule has 1 atom stereocenters. The number of aromatic nitrogens is 1. The zero-order valence-electron chi connectivity index (χ0n) is 11.1. The minimum absolute atomic E-state index is 0.384. The molecule has 2 aromatic rings. The van der Waals surface area contributed by atoms with Crippen molar-refractivity contribution in [1.82, 2.24) is 9.88 Å². The van der Waals surface area contributed by atoms with Gasteiger partial charge in [0.2, 0.25) is 0 Å². The minimum Gasteiger partial charge on any atom is -0.309 e. The molecule has 2 heteroatoms. The molecule has 0 saturated heterocycles. The molecule has 0 aliphatic heterocycles. The third-order valence-electron chi connectivity index (χ3n) is 3.11. The van der Waals surface area contributed by atoms with Crippen molar-refractivity contribution in [3.63, 3.8) is 0 Å². The van der Waals surface area contributed by atoms with Gasteiger partial charge in [0.15, 0.2) is 0 Å². The first-order chi connectivity index (χ1) is 8.77. The fraction of sp³-hybridized carbons (Fsp3) is 0.312. The van der Waals surface area contributed by atoms with E-state index in [1.165, 1.54) is 5.56 Å². The van der Waals surface area contributed by atoms with Gasteiger partial charge in [-0.3, -0.25) is 4.98 Å². The molecule has 0 N–H and O–H groups in total. The van der Waals surface area contributed by atoms with Crippen molar-refractivity contribution in [2.24, 2.45) is 0 Å². The van der Waals surface area contributed by atoms with E-state index in [1.807, 2.05) is 12.3 Å². The number of hydrogen-bond donors (Lipinski definition) is 0. The third-order valence-corrected chi connectivity index (χ3v) is 3.11. The summed E-state index contributed by atoms with van der Waals surface area (Å²) in [5, 5.41) is 0. The Balaban J connectivity index is 2.24. The molecular weight excluding hydrogens is 226 g/mol. The summed E-state index contributed by atoms with van der Waals surface area (Å²) in [6, 6.07) is 16.8. The summed E-state index contributed by atoms with van der Waals surface area (Å²) < 4.78 is 0. The molecule has 0 saturated carbocycles. The molecule has 0 aliphatic carbocycles. The Labute approximate surface area is 109 Å².